The molecule has 0 aliphatic carbocycles. The van der Waals surface area contributed by atoms with Crippen LogP contribution in [0.4, 0.5) is 11.4 Å². The van der Waals surface area contributed by atoms with E-state index in [2.05, 4.69) is 33.2 Å². The number of carbonyl (C=O) groups excluding carboxylic acids is 1. The number of halogens is 2. The largest absolute Gasteiger partial charge is 0.367 e. The fourth-order valence-corrected chi connectivity index (χ4v) is 4.23. The van der Waals surface area contributed by atoms with Crippen LogP contribution >= 0.6 is 23.2 Å². The molecular formula is C22H19Cl2N5O. The molecule has 0 atom stereocenters. The van der Waals surface area contributed by atoms with Crippen molar-refractivity contribution in [2.75, 3.05) is 43.4 Å². The van der Waals surface area contributed by atoms with E-state index in [1.54, 1.807) is 30.5 Å². The van der Waals surface area contributed by atoms with Gasteiger partial charge in [0.15, 0.2) is 0 Å². The number of nitrogens with one attached hydrogen (secondary N) is 1. The average molecular weight is 440 g/mol. The number of anilines is 2. The Labute approximate surface area is 184 Å². The number of fused-ring (bicyclic) bond motifs is 1. The van der Waals surface area contributed by atoms with Crippen LogP contribution in [-0.4, -0.2) is 49.0 Å². The molecule has 1 N–H and O–H groups in total. The van der Waals surface area contributed by atoms with Crippen LogP contribution < -0.4 is 10.2 Å². The van der Waals surface area contributed by atoms with Gasteiger partial charge in [-0.2, -0.15) is 5.26 Å². The summed E-state index contributed by atoms with van der Waals surface area (Å²) in [5.74, 6) is -0.412. The van der Waals surface area contributed by atoms with Gasteiger partial charge in [0.25, 0.3) is 5.91 Å². The topological polar surface area (TPSA) is 72.3 Å². The van der Waals surface area contributed by atoms with Gasteiger partial charge < -0.3 is 15.1 Å². The van der Waals surface area contributed by atoms with Crippen molar-refractivity contribution >= 4 is 51.4 Å². The number of para-hydroxylation sites is 1. The SMILES string of the molecule is CN1CCN(c2c(C#N)cnc3c(NC(=O)c4c(Cl)cccc4Cl)cccc23)CC1. The van der Waals surface area contributed by atoms with Crippen LogP contribution in [0.25, 0.3) is 10.9 Å². The molecule has 1 amide bonds. The van der Waals surface area contributed by atoms with Crippen molar-refractivity contribution in [1.29, 1.82) is 5.26 Å². The summed E-state index contributed by atoms with van der Waals surface area (Å²) in [6.07, 6.45) is 1.56. The number of aromatic nitrogens is 1. The summed E-state index contributed by atoms with van der Waals surface area (Å²) in [7, 11) is 2.08. The van der Waals surface area contributed by atoms with Crippen LogP contribution in [0, 0.1) is 11.3 Å². The Morgan fingerprint density at radius 1 is 1.10 bits per heavy atom. The molecule has 1 fully saturated rings. The summed E-state index contributed by atoms with van der Waals surface area (Å²) in [4.78, 5) is 21.8. The Bertz CT molecular complexity index is 1150. The third kappa shape index (κ3) is 3.80. The highest BCUT2D eigenvalue weighted by atomic mass is 35.5. The predicted molar refractivity (Wildman–Crippen MR) is 121 cm³/mol. The van der Waals surface area contributed by atoms with Crippen molar-refractivity contribution in [3.8, 4) is 6.07 Å². The molecule has 152 valence electrons. The second-order valence-corrected chi connectivity index (χ2v) is 7.99. The van der Waals surface area contributed by atoms with Crippen LogP contribution in [0.1, 0.15) is 15.9 Å². The molecule has 0 saturated carbocycles. The standard InChI is InChI=1S/C22H19Cl2N5O/c1-28-8-10-29(11-9-28)21-14(12-25)13-26-20-15(21)4-2-7-18(20)27-22(30)19-16(23)5-3-6-17(19)24/h2-7,13H,8-11H2,1H3,(H,27,30). The average Bonchev–Trinajstić information content (AvgIpc) is 2.73. The molecule has 1 saturated heterocycles. The Balaban J connectivity index is 1.77. The molecule has 2 heterocycles. The third-order valence-corrected chi connectivity index (χ3v) is 5.88. The van der Waals surface area contributed by atoms with Crippen molar-refractivity contribution in [3.05, 3.63) is 63.8 Å². The van der Waals surface area contributed by atoms with Crippen molar-refractivity contribution in [1.82, 2.24) is 9.88 Å². The fraction of sp³-hybridized carbons (Fsp3) is 0.227. The van der Waals surface area contributed by atoms with Crippen molar-refractivity contribution < 1.29 is 4.79 Å². The normalized spacial score (nSPS) is 14.5. The summed E-state index contributed by atoms with van der Waals surface area (Å²) in [5.41, 5.74) is 2.73. The number of nitriles is 1. The van der Waals surface area contributed by atoms with Gasteiger partial charge in [0.05, 0.1) is 38.1 Å². The quantitative estimate of drug-likeness (QED) is 0.653. The highest BCUT2D eigenvalue weighted by Crippen LogP contribution is 2.34. The van der Waals surface area contributed by atoms with Crippen LogP contribution in [0.3, 0.4) is 0 Å². The molecule has 1 aliphatic heterocycles. The number of rotatable bonds is 3. The van der Waals surface area contributed by atoms with E-state index in [0.717, 1.165) is 37.3 Å². The van der Waals surface area contributed by atoms with E-state index >= 15 is 0 Å². The van der Waals surface area contributed by atoms with Gasteiger partial charge in [0.1, 0.15) is 6.07 Å². The van der Waals surface area contributed by atoms with Crippen molar-refractivity contribution in [2.45, 2.75) is 0 Å². The van der Waals surface area contributed by atoms with E-state index in [9.17, 15) is 10.1 Å². The molecule has 1 aromatic heterocycles. The minimum atomic E-state index is -0.412. The van der Waals surface area contributed by atoms with Gasteiger partial charge in [-0.05, 0) is 25.2 Å². The van der Waals surface area contributed by atoms with E-state index in [-0.39, 0.29) is 15.6 Å². The summed E-state index contributed by atoms with van der Waals surface area (Å²) in [6.45, 7) is 3.46. The van der Waals surface area contributed by atoms with Crippen LogP contribution in [0.2, 0.25) is 10.0 Å². The van der Waals surface area contributed by atoms with E-state index in [1.807, 2.05) is 12.1 Å². The maximum Gasteiger partial charge on any atom is 0.258 e. The lowest BCUT2D eigenvalue weighted by molar-refractivity contribution is 0.102. The first kappa shape index (κ1) is 20.4. The number of benzene rings is 2. The molecule has 3 aromatic rings. The van der Waals surface area contributed by atoms with Gasteiger partial charge in [-0.15, -0.1) is 0 Å². The lowest BCUT2D eigenvalue weighted by Gasteiger charge is -2.35. The lowest BCUT2D eigenvalue weighted by atomic mass is 10.1. The van der Waals surface area contributed by atoms with E-state index in [0.29, 0.717) is 16.8 Å². The first-order valence-corrected chi connectivity index (χ1v) is 10.3. The smallest absolute Gasteiger partial charge is 0.258 e. The highest BCUT2D eigenvalue weighted by molar-refractivity contribution is 6.40. The molecule has 0 bridgehead atoms. The number of nitrogens with zero attached hydrogens (tertiary/aromatic N) is 4. The second-order valence-electron chi connectivity index (χ2n) is 7.18. The van der Waals surface area contributed by atoms with E-state index in [1.165, 1.54) is 0 Å². The Hall–Kier alpha value is -2.85. The molecule has 0 spiro atoms. The highest BCUT2D eigenvalue weighted by Gasteiger charge is 2.22. The fourth-order valence-electron chi connectivity index (χ4n) is 3.66. The Morgan fingerprint density at radius 2 is 1.77 bits per heavy atom. The first-order chi connectivity index (χ1) is 14.5. The molecule has 8 heteroatoms. The molecule has 0 radical (unpaired) electrons. The second kappa shape index (κ2) is 8.49. The number of likely N-dealkylation sites (N-methyl/N-ethyl adjacent to an activating group) is 1. The maximum absolute atomic E-state index is 12.9. The van der Waals surface area contributed by atoms with Crippen LogP contribution in [0.5, 0.6) is 0 Å². The van der Waals surface area contributed by atoms with E-state index < -0.39 is 5.91 Å². The van der Waals surface area contributed by atoms with Crippen LogP contribution in [0.15, 0.2) is 42.6 Å². The third-order valence-electron chi connectivity index (χ3n) is 5.25. The summed E-state index contributed by atoms with van der Waals surface area (Å²) in [5, 5.41) is 13.9. The molecule has 1 aliphatic rings. The zero-order valence-corrected chi connectivity index (χ0v) is 17.8. The van der Waals surface area contributed by atoms with Gasteiger partial charge in [-0.1, -0.05) is 41.4 Å². The Morgan fingerprint density at radius 3 is 2.43 bits per heavy atom. The van der Waals surface area contributed by atoms with E-state index in [4.69, 9.17) is 23.2 Å². The van der Waals surface area contributed by atoms with Gasteiger partial charge >= 0.3 is 0 Å². The molecule has 2 aromatic carbocycles. The number of hydrogen-bond acceptors (Lipinski definition) is 5. The van der Waals surface area contributed by atoms with Gasteiger partial charge in [0, 0.05) is 37.8 Å². The zero-order chi connectivity index (χ0) is 21.3. The molecule has 4 rings (SSSR count). The zero-order valence-electron chi connectivity index (χ0n) is 16.3. The monoisotopic (exact) mass is 439 g/mol. The van der Waals surface area contributed by atoms with Crippen molar-refractivity contribution in [2.24, 2.45) is 0 Å². The minimum Gasteiger partial charge on any atom is -0.367 e. The number of hydrogen-bond donors (Lipinski definition) is 1. The summed E-state index contributed by atoms with van der Waals surface area (Å²) >= 11 is 12.4. The van der Waals surface area contributed by atoms with Gasteiger partial charge in [0.2, 0.25) is 0 Å². The molecule has 30 heavy (non-hydrogen) atoms. The number of carbonyl (C=O) groups is 1. The lowest BCUT2D eigenvalue weighted by Crippen LogP contribution is -2.44. The molecule has 0 unspecified atom stereocenters. The predicted octanol–water partition coefficient (Wildman–Crippen LogP) is 4.42. The number of amides is 1. The molecule has 6 nitrogen and oxygen atoms in total. The Kier molecular flexibility index (Phi) is 5.78. The maximum atomic E-state index is 12.9. The van der Waals surface area contributed by atoms with Gasteiger partial charge in [-0.25, -0.2) is 0 Å². The molecular weight excluding hydrogens is 421 g/mol. The number of piperazine rings is 1. The summed E-state index contributed by atoms with van der Waals surface area (Å²) in [6, 6.07) is 12.7. The number of pyridine rings is 1. The first-order valence-electron chi connectivity index (χ1n) is 9.50. The minimum absolute atomic E-state index is 0.214. The van der Waals surface area contributed by atoms with Crippen LogP contribution in [-0.2, 0) is 0 Å². The van der Waals surface area contributed by atoms with Gasteiger partial charge in [-0.3, -0.25) is 9.78 Å². The summed E-state index contributed by atoms with van der Waals surface area (Å²) < 4.78 is 0. The van der Waals surface area contributed by atoms with Crippen molar-refractivity contribution in [3.63, 3.8) is 0 Å².